The van der Waals surface area contributed by atoms with Gasteiger partial charge in [-0.05, 0) is 32.4 Å². The van der Waals surface area contributed by atoms with Gasteiger partial charge in [0.2, 0.25) is 5.28 Å². The fourth-order valence-corrected chi connectivity index (χ4v) is 2.73. The molecule has 1 N–H and O–H groups in total. The number of aromatic nitrogens is 3. The number of aryl methyl sites for hydroxylation is 2. The van der Waals surface area contributed by atoms with E-state index in [2.05, 4.69) is 20.3 Å². The molecule has 18 heavy (non-hydrogen) atoms. The van der Waals surface area contributed by atoms with Crippen LogP contribution in [0.3, 0.4) is 0 Å². The van der Waals surface area contributed by atoms with Crippen molar-refractivity contribution < 1.29 is 4.39 Å². The molecule has 0 amide bonds. The molecule has 0 aliphatic carbocycles. The van der Waals surface area contributed by atoms with Crippen molar-refractivity contribution in [3.05, 3.63) is 32.9 Å². The van der Waals surface area contributed by atoms with Crippen LogP contribution in [0.4, 0.5) is 10.2 Å². The Morgan fingerprint density at radius 2 is 2.11 bits per heavy atom. The second-order valence-electron chi connectivity index (χ2n) is 3.88. The highest BCUT2D eigenvalue weighted by atomic mass is 35.5. The summed E-state index contributed by atoms with van der Waals surface area (Å²) in [6.45, 7) is 5.80. The monoisotopic (exact) mass is 286 g/mol. The fourth-order valence-electron chi connectivity index (χ4n) is 1.67. The lowest BCUT2D eigenvalue weighted by molar-refractivity contribution is 0.613. The van der Waals surface area contributed by atoms with Crippen molar-refractivity contribution in [1.82, 2.24) is 15.0 Å². The summed E-state index contributed by atoms with van der Waals surface area (Å²) in [4.78, 5) is 12.8. The third-order valence-electron chi connectivity index (χ3n) is 2.40. The zero-order valence-corrected chi connectivity index (χ0v) is 11.7. The van der Waals surface area contributed by atoms with E-state index in [0.29, 0.717) is 0 Å². The molecule has 0 spiro atoms. The molecule has 2 heterocycles. The van der Waals surface area contributed by atoms with Crippen LogP contribution in [0.25, 0.3) is 0 Å². The highest BCUT2D eigenvalue weighted by Gasteiger charge is 2.15. The highest BCUT2D eigenvalue weighted by Crippen LogP contribution is 2.27. The van der Waals surface area contributed by atoms with Gasteiger partial charge in [0.05, 0.1) is 22.9 Å². The van der Waals surface area contributed by atoms with Gasteiger partial charge in [0.25, 0.3) is 0 Å². The molecular weight excluding hydrogens is 275 g/mol. The zero-order valence-electron chi connectivity index (χ0n) is 10.2. The van der Waals surface area contributed by atoms with E-state index in [0.717, 1.165) is 21.8 Å². The first-order chi connectivity index (χ1) is 8.47. The van der Waals surface area contributed by atoms with Crippen molar-refractivity contribution in [3.63, 3.8) is 0 Å². The molecule has 2 rings (SSSR count). The lowest BCUT2D eigenvalue weighted by Gasteiger charge is -2.13. The van der Waals surface area contributed by atoms with E-state index in [1.54, 1.807) is 11.3 Å². The van der Waals surface area contributed by atoms with Crippen LogP contribution >= 0.6 is 22.9 Å². The highest BCUT2D eigenvalue weighted by molar-refractivity contribution is 7.11. The molecule has 0 saturated carbocycles. The number of hydrogen-bond donors (Lipinski definition) is 1. The number of hydrogen-bond acceptors (Lipinski definition) is 5. The minimum Gasteiger partial charge on any atom is -0.360 e. The molecule has 0 radical (unpaired) electrons. The average Bonchev–Trinajstić information content (AvgIpc) is 2.63. The quantitative estimate of drug-likeness (QED) is 0.877. The molecule has 0 bridgehead atoms. The Hall–Kier alpha value is -1.27. The molecule has 0 aromatic carbocycles. The van der Waals surface area contributed by atoms with Crippen molar-refractivity contribution in [3.8, 4) is 0 Å². The second-order valence-corrected chi connectivity index (χ2v) is 5.46. The van der Waals surface area contributed by atoms with Crippen LogP contribution < -0.4 is 5.32 Å². The number of rotatable bonds is 3. The van der Waals surface area contributed by atoms with Gasteiger partial charge in [0.15, 0.2) is 11.6 Å². The van der Waals surface area contributed by atoms with Crippen molar-refractivity contribution in [2.24, 2.45) is 0 Å². The van der Waals surface area contributed by atoms with Gasteiger partial charge < -0.3 is 5.32 Å². The Balaban J connectivity index is 2.23. The summed E-state index contributed by atoms with van der Waals surface area (Å²) in [5, 5.41) is 3.98. The van der Waals surface area contributed by atoms with E-state index in [1.165, 1.54) is 0 Å². The van der Waals surface area contributed by atoms with Crippen LogP contribution in [0.1, 0.15) is 28.5 Å². The minimum atomic E-state index is -0.523. The second kappa shape index (κ2) is 5.16. The Labute approximate surface area is 113 Å². The van der Waals surface area contributed by atoms with Crippen molar-refractivity contribution in [2.75, 3.05) is 5.32 Å². The number of anilines is 1. The van der Waals surface area contributed by atoms with E-state index in [1.807, 2.05) is 20.8 Å². The Morgan fingerprint density at radius 3 is 2.72 bits per heavy atom. The third-order valence-corrected chi connectivity index (χ3v) is 3.84. The summed E-state index contributed by atoms with van der Waals surface area (Å²) in [5.41, 5.74) is 0.943. The molecular formula is C11H12ClFN4S. The summed E-state index contributed by atoms with van der Waals surface area (Å²) < 4.78 is 13.5. The van der Waals surface area contributed by atoms with Gasteiger partial charge in [-0.15, -0.1) is 11.3 Å². The van der Waals surface area contributed by atoms with E-state index >= 15 is 0 Å². The average molecular weight is 287 g/mol. The van der Waals surface area contributed by atoms with Crippen LogP contribution in [0.5, 0.6) is 0 Å². The molecule has 2 aromatic heterocycles. The van der Waals surface area contributed by atoms with Gasteiger partial charge >= 0.3 is 0 Å². The lowest BCUT2D eigenvalue weighted by Crippen LogP contribution is -2.09. The maximum Gasteiger partial charge on any atom is 0.224 e. The van der Waals surface area contributed by atoms with Crippen molar-refractivity contribution in [1.29, 1.82) is 0 Å². The Bertz CT molecular complexity index is 572. The molecule has 4 nitrogen and oxygen atoms in total. The Morgan fingerprint density at radius 1 is 1.39 bits per heavy atom. The number of nitrogens with zero attached hydrogens (tertiary/aromatic N) is 3. The van der Waals surface area contributed by atoms with Gasteiger partial charge in [-0.1, -0.05) is 0 Å². The first-order valence-electron chi connectivity index (χ1n) is 5.36. The number of thiazole rings is 1. The largest absolute Gasteiger partial charge is 0.360 e. The molecule has 96 valence electrons. The van der Waals surface area contributed by atoms with E-state index in [9.17, 15) is 4.39 Å². The zero-order chi connectivity index (χ0) is 13.3. The smallest absolute Gasteiger partial charge is 0.224 e. The fraction of sp³-hybridized carbons (Fsp3) is 0.364. The van der Waals surface area contributed by atoms with Crippen LogP contribution in [-0.4, -0.2) is 15.0 Å². The van der Waals surface area contributed by atoms with Gasteiger partial charge in [-0.2, -0.15) is 4.98 Å². The third kappa shape index (κ3) is 2.76. The molecule has 0 aliphatic heterocycles. The first-order valence-corrected chi connectivity index (χ1v) is 6.55. The molecule has 0 aliphatic rings. The predicted molar refractivity (Wildman–Crippen MR) is 70.6 cm³/mol. The van der Waals surface area contributed by atoms with E-state index in [-0.39, 0.29) is 17.1 Å². The van der Waals surface area contributed by atoms with Crippen LogP contribution in [-0.2, 0) is 0 Å². The van der Waals surface area contributed by atoms with Gasteiger partial charge in [0.1, 0.15) is 0 Å². The number of halogens is 2. The normalized spacial score (nSPS) is 12.5. The van der Waals surface area contributed by atoms with Gasteiger partial charge in [-0.25, -0.2) is 14.4 Å². The molecule has 0 saturated heterocycles. The first kappa shape index (κ1) is 13.2. The minimum absolute atomic E-state index is 0.0170. The topological polar surface area (TPSA) is 50.7 Å². The van der Waals surface area contributed by atoms with Crippen molar-refractivity contribution in [2.45, 2.75) is 26.8 Å². The molecule has 0 fully saturated rings. The summed E-state index contributed by atoms with van der Waals surface area (Å²) in [6, 6.07) is -0.0864. The molecule has 2 aromatic rings. The summed E-state index contributed by atoms with van der Waals surface area (Å²) >= 11 is 7.22. The Kier molecular flexibility index (Phi) is 3.77. The van der Waals surface area contributed by atoms with Crippen LogP contribution in [0, 0.1) is 19.7 Å². The summed E-state index contributed by atoms with van der Waals surface area (Å²) in [5.74, 6) is -0.418. The van der Waals surface area contributed by atoms with Crippen LogP contribution in [0.15, 0.2) is 6.20 Å². The summed E-state index contributed by atoms with van der Waals surface area (Å²) in [6.07, 6.45) is 1.05. The van der Waals surface area contributed by atoms with E-state index < -0.39 is 5.82 Å². The maximum absolute atomic E-state index is 13.5. The maximum atomic E-state index is 13.5. The lowest BCUT2D eigenvalue weighted by atomic mass is 10.2. The SMILES string of the molecule is Cc1nc(C)c(C(C)Nc2nc(Cl)ncc2F)s1. The molecule has 1 atom stereocenters. The number of nitrogens with one attached hydrogen (secondary N) is 1. The summed E-state index contributed by atoms with van der Waals surface area (Å²) in [7, 11) is 0. The molecule has 7 heteroatoms. The van der Waals surface area contributed by atoms with Crippen molar-refractivity contribution >= 4 is 28.8 Å². The van der Waals surface area contributed by atoms with Crippen LogP contribution in [0.2, 0.25) is 5.28 Å². The molecule has 1 unspecified atom stereocenters. The van der Waals surface area contributed by atoms with Gasteiger partial charge in [-0.3, -0.25) is 0 Å². The van der Waals surface area contributed by atoms with E-state index in [4.69, 9.17) is 11.6 Å². The van der Waals surface area contributed by atoms with Gasteiger partial charge in [0, 0.05) is 4.88 Å². The predicted octanol–water partition coefficient (Wildman–Crippen LogP) is 3.52. The standard InChI is InChI=1S/C11H12ClFN4S/c1-5-9(18-7(3)15-5)6(2)16-10-8(13)4-14-11(12)17-10/h4,6H,1-3H3,(H,14,16,17).